The molecule has 0 aliphatic carbocycles. The summed E-state index contributed by atoms with van der Waals surface area (Å²) in [7, 11) is -4.36. The first-order valence-electron chi connectivity index (χ1n) is 7.29. The van der Waals surface area contributed by atoms with Crippen molar-refractivity contribution in [3.8, 4) is 5.75 Å². The minimum atomic E-state index is -4.36. The molecule has 0 heterocycles. The van der Waals surface area contributed by atoms with E-state index in [2.05, 4.69) is 31.9 Å². The van der Waals surface area contributed by atoms with Gasteiger partial charge in [-0.05, 0) is 54.3 Å². The summed E-state index contributed by atoms with van der Waals surface area (Å²) in [6, 6.07) is 7.83. The van der Waals surface area contributed by atoms with Crippen LogP contribution in [0.25, 0.3) is 0 Å². The molecule has 2 aromatic rings. The van der Waals surface area contributed by atoms with Gasteiger partial charge < -0.3 is 4.74 Å². The Morgan fingerprint density at radius 2 is 1.64 bits per heavy atom. The summed E-state index contributed by atoms with van der Waals surface area (Å²) in [5.74, 6) is -0.508. The topological polar surface area (TPSA) is 80.7 Å². The first-order valence-corrected chi connectivity index (χ1v) is 10.3. The van der Waals surface area contributed by atoms with Gasteiger partial charge in [0.25, 0.3) is 10.1 Å². The van der Waals surface area contributed by atoms with Crippen molar-refractivity contribution in [2.75, 3.05) is 0 Å². The lowest BCUT2D eigenvalue weighted by molar-refractivity contribution is 0.0733. The maximum atomic E-state index is 12.4. The lowest BCUT2D eigenvalue weighted by atomic mass is 10.0. The van der Waals surface area contributed by atoms with Gasteiger partial charge in [0.2, 0.25) is 0 Å². The van der Waals surface area contributed by atoms with E-state index in [0.29, 0.717) is 16.7 Å². The van der Waals surface area contributed by atoms with Gasteiger partial charge in [-0.15, -0.1) is 0 Å². The Morgan fingerprint density at radius 1 is 1.08 bits per heavy atom. The van der Waals surface area contributed by atoms with Gasteiger partial charge in [-0.2, -0.15) is 8.42 Å². The van der Waals surface area contributed by atoms with E-state index in [1.54, 1.807) is 39.0 Å². The molecular weight excluding hydrogens is 476 g/mol. The highest BCUT2D eigenvalue weighted by molar-refractivity contribution is 9.11. The van der Waals surface area contributed by atoms with E-state index in [1.165, 1.54) is 12.1 Å². The highest BCUT2D eigenvalue weighted by atomic mass is 79.9. The summed E-state index contributed by atoms with van der Waals surface area (Å²) in [5, 5.41) is 0. The van der Waals surface area contributed by atoms with Crippen LogP contribution in [-0.2, 0) is 10.1 Å². The second-order valence-corrected chi connectivity index (χ2v) is 9.05. The van der Waals surface area contributed by atoms with E-state index in [-0.39, 0.29) is 16.6 Å². The third-order valence-electron chi connectivity index (χ3n) is 3.51. The van der Waals surface area contributed by atoms with Crippen molar-refractivity contribution in [1.29, 1.82) is 0 Å². The highest BCUT2D eigenvalue weighted by Crippen LogP contribution is 2.32. The average Bonchev–Trinajstić information content (AvgIpc) is 2.46. The second-order valence-electron chi connectivity index (χ2n) is 5.83. The SMILES string of the molecule is Cc1cc(S(=O)(=O)O)c(C(C)C)cc1OC(=O)c1cc(Br)cc(Br)c1. The summed E-state index contributed by atoms with van der Waals surface area (Å²) in [4.78, 5) is 12.2. The summed E-state index contributed by atoms with van der Waals surface area (Å²) in [6.07, 6.45) is 0. The maximum absolute atomic E-state index is 12.4. The fourth-order valence-electron chi connectivity index (χ4n) is 2.29. The number of ether oxygens (including phenoxy) is 1. The third kappa shape index (κ3) is 4.91. The summed E-state index contributed by atoms with van der Waals surface area (Å²) < 4.78 is 39.4. The van der Waals surface area contributed by atoms with Crippen LogP contribution in [0.3, 0.4) is 0 Å². The quantitative estimate of drug-likeness (QED) is 0.365. The second kappa shape index (κ2) is 7.57. The zero-order chi connectivity index (χ0) is 18.9. The number of hydrogen-bond donors (Lipinski definition) is 1. The molecule has 0 unspecified atom stereocenters. The molecule has 134 valence electrons. The van der Waals surface area contributed by atoms with Crippen molar-refractivity contribution in [2.45, 2.75) is 31.6 Å². The maximum Gasteiger partial charge on any atom is 0.343 e. The van der Waals surface area contributed by atoms with Crippen LogP contribution < -0.4 is 4.74 Å². The lowest BCUT2D eigenvalue weighted by Crippen LogP contribution is -2.12. The Bertz CT molecular complexity index is 916. The van der Waals surface area contributed by atoms with Gasteiger partial charge in [-0.25, -0.2) is 4.79 Å². The summed E-state index contributed by atoms with van der Waals surface area (Å²) in [6.45, 7) is 5.19. The van der Waals surface area contributed by atoms with Crippen LogP contribution in [0.5, 0.6) is 5.75 Å². The molecule has 0 aliphatic rings. The van der Waals surface area contributed by atoms with E-state index in [0.717, 1.165) is 8.95 Å². The molecular formula is C17H16Br2O5S. The molecule has 0 atom stereocenters. The van der Waals surface area contributed by atoms with Crippen LogP contribution in [0.1, 0.15) is 41.3 Å². The first kappa shape index (κ1) is 20.1. The number of esters is 1. The molecule has 0 saturated heterocycles. The normalized spacial score (nSPS) is 11.6. The Balaban J connectivity index is 2.46. The fraction of sp³-hybridized carbons (Fsp3) is 0.235. The van der Waals surface area contributed by atoms with Crippen LogP contribution in [0.4, 0.5) is 0 Å². The molecule has 2 aromatic carbocycles. The standard InChI is InChI=1S/C17H16Br2O5S/c1-9(2)14-8-15(10(3)4-16(14)25(21,22)23)24-17(20)11-5-12(18)7-13(19)6-11/h4-9H,1-3H3,(H,21,22,23). The molecule has 0 spiro atoms. The van der Waals surface area contributed by atoms with E-state index >= 15 is 0 Å². The minimum Gasteiger partial charge on any atom is -0.423 e. The molecule has 0 fully saturated rings. The molecule has 0 radical (unpaired) electrons. The molecule has 5 nitrogen and oxygen atoms in total. The number of benzene rings is 2. The smallest absolute Gasteiger partial charge is 0.343 e. The Kier molecular flexibility index (Phi) is 6.09. The van der Waals surface area contributed by atoms with Crippen molar-refractivity contribution in [3.05, 3.63) is 56.0 Å². The van der Waals surface area contributed by atoms with E-state index in [1.807, 2.05) is 0 Å². The average molecular weight is 492 g/mol. The predicted octanol–water partition coefficient (Wildman–Crippen LogP) is 5.11. The Morgan fingerprint density at radius 3 is 2.12 bits per heavy atom. The van der Waals surface area contributed by atoms with Gasteiger partial charge in [0.05, 0.1) is 10.5 Å². The molecule has 0 saturated carbocycles. The lowest BCUT2D eigenvalue weighted by Gasteiger charge is -2.15. The van der Waals surface area contributed by atoms with Crippen LogP contribution in [0, 0.1) is 6.92 Å². The number of carbonyl (C=O) groups is 1. The fourth-order valence-corrected chi connectivity index (χ4v) is 4.50. The molecule has 8 heteroatoms. The number of hydrogen-bond acceptors (Lipinski definition) is 4. The van der Waals surface area contributed by atoms with Crippen LogP contribution >= 0.6 is 31.9 Å². The summed E-state index contributed by atoms with van der Waals surface area (Å²) in [5.41, 5.74) is 1.15. The predicted molar refractivity (Wildman–Crippen MR) is 102 cm³/mol. The van der Waals surface area contributed by atoms with E-state index in [4.69, 9.17) is 4.74 Å². The van der Waals surface area contributed by atoms with Crippen LogP contribution in [-0.4, -0.2) is 18.9 Å². The highest BCUT2D eigenvalue weighted by Gasteiger charge is 2.21. The van der Waals surface area contributed by atoms with Crippen molar-refractivity contribution in [3.63, 3.8) is 0 Å². The van der Waals surface area contributed by atoms with Gasteiger partial charge in [0, 0.05) is 8.95 Å². The first-order chi connectivity index (χ1) is 11.5. The van der Waals surface area contributed by atoms with Crippen molar-refractivity contribution in [1.82, 2.24) is 0 Å². The summed E-state index contributed by atoms with van der Waals surface area (Å²) >= 11 is 6.62. The number of aryl methyl sites for hydroxylation is 1. The monoisotopic (exact) mass is 490 g/mol. The number of halogens is 2. The van der Waals surface area contributed by atoms with E-state index < -0.39 is 16.1 Å². The zero-order valence-corrected chi connectivity index (χ0v) is 17.7. The number of rotatable bonds is 4. The molecule has 25 heavy (non-hydrogen) atoms. The van der Waals surface area contributed by atoms with Crippen LogP contribution in [0.2, 0.25) is 0 Å². The van der Waals surface area contributed by atoms with Crippen molar-refractivity contribution in [2.24, 2.45) is 0 Å². The molecule has 1 N–H and O–H groups in total. The largest absolute Gasteiger partial charge is 0.423 e. The van der Waals surface area contributed by atoms with Gasteiger partial charge in [0.15, 0.2) is 0 Å². The Labute approximate surface area is 163 Å². The Hall–Kier alpha value is -1.22. The van der Waals surface area contributed by atoms with Gasteiger partial charge in [-0.1, -0.05) is 45.7 Å². The molecule has 0 aromatic heterocycles. The van der Waals surface area contributed by atoms with Gasteiger partial charge in [0.1, 0.15) is 5.75 Å². The van der Waals surface area contributed by atoms with Crippen molar-refractivity contribution >= 4 is 47.9 Å². The minimum absolute atomic E-state index is 0.176. The van der Waals surface area contributed by atoms with E-state index in [9.17, 15) is 17.8 Å². The van der Waals surface area contributed by atoms with Crippen LogP contribution in [0.15, 0.2) is 44.2 Å². The third-order valence-corrected chi connectivity index (χ3v) is 5.33. The molecule has 0 bridgehead atoms. The molecule has 2 rings (SSSR count). The van der Waals surface area contributed by atoms with Gasteiger partial charge >= 0.3 is 5.97 Å². The molecule has 0 aliphatic heterocycles. The zero-order valence-electron chi connectivity index (χ0n) is 13.7. The van der Waals surface area contributed by atoms with Crippen molar-refractivity contribution < 1.29 is 22.5 Å². The molecule has 0 amide bonds. The number of carbonyl (C=O) groups excluding carboxylic acids is 1. The van der Waals surface area contributed by atoms with Gasteiger partial charge in [-0.3, -0.25) is 4.55 Å².